The van der Waals surface area contributed by atoms with E-state index in [2.05, 4.69) is 9.97 Å². The van der Waals surface area contributed by atoms with Gasteiger partial charge >= 0.3 is 29.6 Å². The fourth-order valence-electron chi connectivity index (χ4n) is 2.66. The minimum atomic E-state index is -0.0203. The van der Waals surface area contributed by atoms with Gasteiger partial charge in [-0.1, -0.05) is 36.4 Å². The van der Waals surface area contributed by atoms with E-state index in [1.165, 1.54) is 0 Å². The van der Waals surface area contributed by atoms with Gasteiger partial charge < -0.3 is 5.11 Å². The van der Waals surface area contributed by atoms with Gasteiger partial charge in [0.1, 0.15) is 0 Å². The normalized spacial score (nSPS) is 10.2. The van der Waals surface area contributed by atoms with Gasteiger partial charge in [-0.15, -0.1) is 5.75 Å². The minimum absolute atomic E-state index is 0. The summed E-state index contributed by atoms with van der Waals surface area (Å²) < 4.78 is 0. The molecule has 0 N–H and O–H groups in total. The molecule has 26 heavy (non-hydrogen) atoms. The first-order valence-electron chi connectivity index (χ1n) is 7.92. The fourth-order valence-corrected chi connectivity index (χ4v) is 2.66. The molecule has 4 aromatic rings. The van der Waals surface area contributed by atoms with E-state index in [4.69, 9.17) is 4.98 Å². The van der Waals surface area contributed by atoms with Gasteiger partial charge in [0.2, 0.25) is 0 Å². The molecule has 0 bridgehead atoms. The molecule has 0 spiro atoms. The van der Waals surface area contributed by atoms with Crippen LogP contribution in [0, 0.1) is 0 Å². The SMILES string of the molecule is [Na+].[O-]c1cccc(-c2cc(-c3ccccn3)nc(-c3ccccn3)c2)c1. The van der Waals surface area contributed by atoms with Crippen LogP contribution in [0.15, 0.2) is 85.2 Å². The third kappa shape index (κ3) is 3.99. The van der Waals surface area contributed by atoms with E-state index in [0.29, 0.717) is 0 Å². The summed E-state index contributed by atoms with van der Waals surface area (Å²) in [5.41, 5.74) is 4.81. The molecule has 5 heteroatoms. The predicted molar refractivity (Wildman–Crippen MR) is 95.6 cm³/mol. The second-order valence-corrected chi connectivity index (χ2v) is 5.58. The number of aromatic nitrogens is 3. The number of hydrogen-bond donors (Lipinski definition) is 0. The van der Waals surface area contributed by atoms with Gasteiger partial charge in [-0.2, -0.15) is 0 Å². The summed E-state index contributed by atoms with van der Waals surface area (Å²) in [6.07, 6.45) is 3.48. The summed E-state index contributed by atoms with van der Waals surface area (Å²) >= 11 is 0. The molecular weight excluding hydrogens is 333 g/mol. The zero-order valence-corrected chi connectivity index (χ0v) is 16.3. The zero-order chi connectivity index (χ0) is 17.1. The monoisotopic (exact) mass is 347 g/mol. The number of pyridine rings is 3. The molecule has 0 amide bonds. The molecule has 4 rings (SSSR count). The van der Waals surface area contributed by atoms with Crippen LogP contribution in [0.1, 0.15) is 0 Å². The minimum Gasteiger partial charge on any atom is -0.872 e. The van der Waals surface area contributed by atoms with Crippen molar-refractivity contribution in [1.82, 2.24) is 15.0 Å². The summed E-state index contributed by atoms with van der Waals surface area (Å²) in [6.45, 7) is 0. The molecule has 0 aliphatic carbocycles. The first-order valence-corrected chi connectivity index (χ1v) is 7.92. The van der Waals surface area contributed by atoms with Crippen molar-refractivity contribution in [2.45, 2.75) is 0 Å². The van der Waals surface area contributed by atoms with E-state index in [9.17, 15) is 5.11 Å². The Morgan fingerprint density at radius 1 is 0.577 bits per heavy atom. The van der Waals surface area contributed by atoms with Crippen molar-refractivity contribution in [1.29, 1.82) is 0 Å². The maximum atomic E-state index is 11.7. The molecule has 0 unspecified atom stereocenters. The summed E-state index contributed by atoms with van der Waals surface area (Å²) in [6, 6.07) is 22.2. The quantitative estimate of drug-likeness (QED) is 0.518. The first-order chi connectivity index (χ1) is 12.3. The van der Waals surface area contributed by atoms with Crippen molar-refractivity contribution >= 4 is 0 Å². The van der Waals surface area contributed by atoms with Crippen LogP contribution in [0.25, 0.3) is 33.9 Å². The van der Waals surface area contributed by atoms with Crippen LogP contribution in [-0.4, -0.2) is 15.0 Å². The van der Waals surface area contributed by atoms with Crippen molar-refractivity contribution in [3.8, 4) is 39.7 Å². The van der Waals surface area contributed by atoms with Gasteiger partial charge in [0, 0.05) is 12.4 Å². The Morgan fingerprint density at radius 2 is 1.19 bits per heavy atom. The van der Waals surface area contributed by atoms with Gasteiger partial charge in [-0.25, -0.2) is 4.98 Å². The Morgan fingerprint density at radius 3 is 1.69 bits per heavy atom. The maximum Gasteiger partial charge on any atom is 1.00 e. The topological polar surface area (TPSA) is 61.7 Å². The molecule has 0 radical (unpaired) electrons. The Hall–Kier alpha value is -2.53. The zero-order valence-electron chi connectivity index (χ0n) is 14.3. The fraction of sp³-hybridized carbons (Fsp3) is 0. The number of hydrogen-bond acceptors (Lipinski definition) is 4. The molecule has 3 heterocycles. The van der Waals surface area contributed by atoms with Gasteiger partial charge in [-0.05, 0) is 47.5 Å². The van der Waals surface area contributed by atoms with E-state index in [1.807, 2.05) is 54.6 Å². The molecule has 0 aliphatic rings. The van der Waals surface area contributed by atoms with Crippen LogP contribution in [0.4, 0.5) is 0 Å². The Balaban J connectivity index is 0.00000196. The van der Waals surface area contributed by atoms with Crippen molar-refractivity contribution in [2.75, 3.05) is 0 Å². The Bertz CT molecular complexity index is 950. The Labute approximate surface area is 173 Å². The van der Waals surface area contributed by atoms with E-state index >= 15 is 0 Å². The molecule has 4 nitrogen and oxygen atoms in total. The summed E-state index contributed by atoms with van der Waals surface area (Å²) in [7, 11) is 0. The molecular formula is C21H14N3NaO. The second kappa shape index (κ2) is 8.23. The Kier molecular flexibility index (Phi) is 5.78. The van der Waals surface area contributed by atoms with Crippen molar-refractivity contribution in [3.05, 3.63) is 85.2 Å². The number of rotatable bonds is 3. The second-order valence-electron chi connectivity index (χ2n) is 5.58. The van der Waals surface area contributed by atoms with Crippen molar-refractivity contribution < 1.29 is 34.7 Å². The van der Waals surface area contributed by atoms with Crippen LogP contribution in [0.2, 0.25) is 0 Å². The van der Waals surface area contributed by atoms with Crippen LogP contribution in [-0.2, 0) is 0 Å². The van der Waals surface area contributed by atoms with Gasteiger partial charge in [0.25, 0.3) is 0 Å². The molecule has 0 fully saturated rings. The largest absolute Gasteiger partial charge is 1.00 e. The van der Waals surface area contributed by atoms with Crippen LogP contribution < -0.4 is 34.7 Å². The van der Waals surface area contributed by atoms with Gasteiger partial charge in [-0.3, -0.25) is 9.97 Å². The molecule has 0 atom stereocenters. The van der Waals surface area contributed by atoms with E-state index in [1.54, 1.807) is 30.6 Å². The third-order valence-corrected chi connectivity index (χ3v) is 3.85. The van der Waals surface area contributed by atoms with Crippen LogP contribution in [0.3, 0.4) is 0 Å². The average Bonchev–Trinajstić information content (AvgIpc) is 2.69. The summed E-state index contributed by atoms with van der Waals surface area (Å²) in [5, 5.41) is 11.7. The smallest absolute Gasteiger partial charge is 0.872 e. The predicted octanol–water partition coefficient (Wildman–Crippen LogP) is 0.950. The molecule has 1 aromatic carbocycles. The van der Waals surface area contributed by atoms with E-state index in [-0.39, 0.29) is 35.3 Å². The van der Waals surface area contributed by atoms with E-state index < -0.39 is 0 Å². The van der Waals surface area contributed by atoms with Gasteiger partial charge in [0.15, 0.2) is 0 Å². The molecule has 0 saturated heterocycles. The number of benzene rings is 1. The molecule has 3 aromatic heterocycles. The third-order valence-electron chi connectivity index (χ3n) is 3.85. The maximum absolute atomic E-state index is 11.7. The summed E-state index contributed by atoms with van der Waals surface area (Å²) in [5.74, 6) is -0.0203. The van der Waals surface area contributed by atoms with E-state index in [0.717, 1.165) is 33.9 Å². The van der Waals surface area contributed by atoms with Crippen LogP contribution in [0.5, 0.6) is 5.75 Å². The first kappa shape index (κ1) is 18.3. The molecule has 0 saturated carbocycles. The van der Waals surface area contributed by atoms with Gasteiger partial charge in [0.05, 0.1) is 22.8 Å². The standard InChI is InChI=1S/C21H15N3O.Na/c25-17-7-5-6-15(12-17)16-13-20(18-8-1-3-10-22-18)24-21(14-16)19-9-2-4-11-23-19;/h1-14,25H;/q;+1/p-1. The van der Waals surface area contributed by atoms with Crippen molar-refractivity contribution in [3.63, 3.8) is 0 Å². The summed E-state index contributed by atoms with van der Waals surface area (Å²) in [4.78, 5) is 13.5. The average molecular weight is 347 g/mol. The molecule has 120 valence electrons. The van der Waals surface area contributed by atoms with Crippen molar-refractivity contribution in [2.24, 2.45) is 0 Å². The molecule has 0 aliphatic heterocycles. The van der Waals surface area contributed by atoms with Crippen LogP contribution >= 0.6 is 0 Å². The number of nitrogens with zero attached hydrogens (tertiary/aromatic N) is 3.